The number of nitrogens with zero attached hydrogens (tertiary/aromatic N) is 3. The molecule has 0 amide bonds. The normalized spacial score (nSPS) is 31.0. The van der Waals surface area contributed by atoms with Gasteiger partial charge in [0, 0.05) is 18.8 Å². The number of azide groups is 1. The molecule has 0 aromatic carbocycles. The summed E-state index contributed by atoms with van der Waals surface area (Å²) in [4.78, 5) is 37.7. The van der Waals surface area contributed by atoms with E-state index in [0.29, 0.717) is 0 Å². The molecule has 10 nitrogen and oxygen atoms in total. The summed E-state index contributed by atoms with van der Waals surface area (Å²) < 4.78 is 50.3. The van der Waals surface area contributed by atoms with E-state index in [9.17, 15) is 18.8 Å². The van der Waals surface area contributed by atoms with Gasteiger partial charge in [0.15, 0.2) is 12.3 Å². The molecule has 7 atom stereocenters. The van der Waals surface area contributed by atoms with Crippen molar-refractivity contribution in [3.8, 4) is 0 Å². The molecule has 5 unspecified atom stereocenters. The van der Waals surface area contributed by atoms with Crippen molar-refractivity contribution >= 4 is 17.9 Å². The molecular weight excluding hydrogens is 396 g/mol. The highest BCUT2D eigenvalue weighted by molar-refractivity contribution is 5.79. The van der Waals surface area contributed by atoms with Gasteiger partial charge in [-0.05, 0) is 24.8 Å². The summed E-state index contributed by atoms with van der Waals surface area (Å²) in [6.07, 6.45) is -6.51. The second kappa shape index (κ2) is 10.4. The molecule has 0 saturated carbocycles. The average Bonchev–Trinajstić information content (AvgIpc) is 2.64. The van der Waals surface area contributed by atoms with Gasteiger partial charge in [-0.25, -0.2) is 9.18 Å². The molecule has 0 aromatic rings. The number of alkyl halides is 2. The van der Waals surface area contributed by atoms with Crippen molar-refractivity contribution in [1.29, 1.82) is 0 Å². The zero-order valence-electron chi connectivity index (χ0n) is 16.8. The molecular formula is C17H25F2N3O7. The molecule has 1 heterocycles. The lowest BCUT2D eigenvalue weighted by Gasteiger charge is -2.46. The Bertz CT molecular complexity index is 673. The third-order valence-electron chi connectivity index (χ3n) is 4.47. The van der Waals surface area contributed by atoms with Crippen LogP contribution in [0.2, 0.25) is 0 Å². The molecule has 164 valence electrons. The van der Waals surface area contributed by atoms with Crippen LogP contribution in [0.4, 0.5) is 8.78 Å². The molecule has 1 saturated heterocycles. The summed E-state index contributed by atoms with van der Waals surface area (Å²) >= 11 is 0. The topological polar surface area (TPSA) is 137 Å². The van der Waals surface area contributed by atoms with Gasteiger partial charge in [-0.1, -0.05) is 19.0 Å². The number of carbonyl (C=O) groups excluding carboxylic acids is 3. The number of hydrogen-bond acceptors (Lipinski definition) is 8. The molecule has 0 aliphatic carbocycles. The van der Waals surface area contributed by atoms with Crippen LogP contribution in [-0.2, 0) is 33.3 Å². The summed E-state index contributed by atoms with van der Waals surface area (Å²) in [5.74, 6) is -7.82. The Labute approximate surface area is 166 Å². The average molecular weight is 421 g/mol. The molecule has 0 aromatic heterocycles. The van der Waals surface area contributed by atoms with Crippen molar-refractivity contribution in [2.24, 2.45) is 11.0 Å². The third-order valence-corrected chi connectivity index (χ3v) is 4.47. The number of esters is 3. The summed E-state index contributed by atoms with van der Waals surface area (Å²) in [7, 11) is 0. The minimum atomic E-state index is -3.61. The van der Waals surface area contributed by atoms with Crippen LogP contribution in [0.25, 0.3) is 10.4 Å². The SMILES string of the molecule is CCOC(=O)C1(F)OC([C@H](OC(C)=O)[C@@H](CC)OC(C)=O)C(C)C(N=[N+]=[N-])C1F. The minimum Gasteiger partial charge on any atom is -0.462 e. The monoisotopic (exact) mass is 421 g/mol. The van der Waals surface area contributed by atoms with E-state index in [4.69, 9.17) is 19.7 Å². The maximum Gasteiger partial charge on any atom is 0.375 e. The Morgan fingerprint density at radius 1 is 1.24 bits per heavy atom. The zero-order valence-corrected chi connectivity index (χ0v) is 16.8. The molecule has 1 fully saturated rings. The molecule has 0 spiro atoms. The number of ether oxygens (including phenoxy) is 4. The van der Waals surface area contributed by atoms with Crippen LogP contribution in [0.3, 0.4) is 0 Å². The lowest BCUT2D eigenvalue weighted by Crippen LogP contribution is -2.65. The maximum absolute atomic E-state index is 15.4. The van der Waals surface area contributed by atoms with Gasteiger partial charge in [0.25, 0.3) is 0 Å². The van der Waals surface area contributed by atoms with Crippen molar-refractivity contribution < 1.29 is 42.1 Å². The van der Waals surface area contributed by atoms with E-state index in [1.54, 1.807) is 6.92 Å². The fraction of sp³-hybridized carbons (Fsp3) is 0.824. The molecule has 0 radical (unpaired) electrons. The van der Waals surface area contributed by atoms with Crippen LogP contribution in [0.1, 0.15) is 41.0 Å². The number of halogens is 2. The van der Waals surface area contributed by atoms with Gasteiger partial charge in [-0.2, -0.15) is 4.39 Å². The zero-order chi connectivity index (χ0) is 22.4. The Morgan fingerprint density at radius 2 is 1.83 bits per heavy atom. The van der Waals surface area contributed by atoms with Crippen LogP contribution in [0.15, 0.2) is 5.11 Å². The molecule has 0 bridgehead atoms. The minimum absolute atomic E-state index is 0.133. The predicted molar refractivity (Wildman–Crippen MR) is 93.7 cm³/mol. The van der Waals surface area contributed by atoms with Crippen molar-refractivity contribution in [3.05, 3.63) is 10.4 Å². The maximum atomic E-state index is 15.4. The van der Waals surface area contributed by atoms with Crippen LogP contribution in [-0.4, -0.2) is 60.9 Å². The summed E-state index contributed by atoms with van der Waals surface area (Å²) in [5.41, 5.74) is 8.77. The Kier molecular flexibility index (Phi) is 8.78. The van der Waals surface area contributed by atoms with Gasteiger partial charge in [0.2, 0.25) is 0 Å². The van der Waals surface area contributed by atoms with Crippen molar-refractivity contribution in [2.45, 2.75) is 77.4 Å². The van der Waals surface area contributed by atoms with Gasteiger partial charge in [-0.3, -0.25) is 9.59 Å². The van der Waals surface area contributed by atoms with E-state index in [-0.39, 0.29) is 13.0 Å². The fourth-order valence-electron chi connectivity index (χ4n) is 3.17. The molecule has 12 heteroatoms. The Balaban J connectivity index is 3.47. The summed E-state index contributed by atoms with van der Waals surface area (Å²) in [5, 5.41) is 3.27. The first-order valence-electron chi connectivity index (χ1n) is 9.10. The van der Waals surface area contributed by atoms with Gasteiger partial charge >= 0.3 is 23.8 Å². The summed E-state index contributed by atoms with van der Waals surface area (Å²) in [6, 6.07) is -1.68. The first-order valence-corrected chi connectivity index (χ1v) is 9.10. The van der Waals surface area contributed by atoms with Crippen LogP contribution < -0.4 is 0 Å². The largest absolute Gasteiger partial charge is 0.462 e. The van der Waals surface area contributed by atoms with E-state index >= 15 is 4.39 Å². The van der Waals surface area contributed by atoms with Gasteiger partial charge in [0.1, 0.15) is 12.2 Å². The summed E-state index contributed by atoms with van der Waals surface area (Å²) in [6.45, 7) is 6.30. The molecule has 1 rings (SSSR count). The molecule has 29 heavy (non-hydrogen) atoms. The quantitative estimate of drug-likeness (QED) is 0.193. The smallest absolute Gasteiger partial charge is 0.375 e. The van der Waals surface area contributed by atoms with Crippen LogP contribution in [0.5, 0.6) is 0 Å². The number of carbonyl (C=O) groups is 3. The van der Waals surface area contributed by atoms with Crippen LogP contribution >= 0.6 is 0 Å². The first kappa shape index (κ1) is 24.6. The molecule has 1 aliphatic rings. The van der Waals surface area contributed by atoms with Crippen molar-refractivity contribution in [1.82, 2.24) is 0 Å². The van der Waals surface area contributed by atoms with Crippen LogP contribution in [0, 0.1) is 5.92 Å². The van der Waals surface area contributed by atoms with Gasteiger partial charge in [0.05, 0.1) is 12.6 Å². The number of rotatable bonds is 8. The van der Waals surface area contributed by atoms with E-state index in [0.717, 1.165) is 13.8 Å². The van der Waals surface area contributed by atoms with Gasteiger partial charge in [-0.15, -0.1) is 0 Å². The molecule has 1 aliphatic heterocycles. The van der Waals surface area contributed by atoms with E-state index < -0.39 is 60.2 Å². The lowest BCUT2D eigenvalue weighted by molar-refractivity contribution is -0.286. The predicted octanol–water partition coefficient (Wildman–Crippen LogP) is 2.54. The van der Waals surface area contributed by atoms with Crippen molar-refractivity contribution in [2.75, 3.05) is 6.61 Å². The fourth-order valence-corrected chi connectivity index (χ4v) is 3.17. The van der Waals surface area contributed by atoms with Gasteiger partial charge < -0.3 is 18.9 Å². The second-order valence-corrected chi connectivity index (χ2v) is 6.53. The van der Waals surface area contributed by atoms with Crippen molar-refractivity contribution in [3.63, 3.8) is 0 Å². The highest BCUT2D eigenvalue weighted by Gasteiger charge is 2.62. The highest BCUT2D eigenvalue weighted by Crippen LogP contribution is 2.41. The van der Waals surface area contributed by atoms with E-state index in [2.05, 4.69) is 14.8 Å². The van der Waals surface area contributed by atoms with E-state index in [1.165, 1.54) is 13.8 Å². The Hall–Kier alpha value is -2.46. The Morgan fingerprint density at radius 3 is 2.28 bits per heavy atom. The second-order valence-electron chi connectivity index (χ2n) is 6.53. The first-order chi connectivity index (χ1) is 13.5. The standard InChI is InChI=1S/C17H25F2N3O7/c1-6-11(27-9(4)23)14(28-10(5)24)13-8(3)12(21-22-20)15(18)17(19,29-13)16(25)26-7-2/h8,11-15H,6-7H2,1-5H3/t8?,11-,12?,13?,14-,15?,17?/m1/s1. The third kappa shape index (κ3) is 5.54. The van der Waals surface area contributed by atoms with E-state index in [1.807, 2.05) is 0 Å². The highest BCUT2D eigenvalue weighted by atomic mass is 19.2. The molecule has 0 N–H and O–H groups in total. The lowest BCUT2D eigenvalue weighted by atomic mass is 9.82. The number of hydrogen-bond donors (Lipinski definition) is 0.